The lowest BCUT2D eigenvalue weighted by Crippen LogP contribution is -2.11. The van der Waals surface area contributed by atoms with Crippen molar-refractivity contribution >= 4 is 11.6 Å². The van der Waals surface area contributed by atoms with Crippen molar-refractivity contribution in [1.82, 2.24) is 9.97 Å². The van der Waals surface area contributed by atoms with Crippen molar-refractivity contribution in [2.45, 2.75) is 33.6 Å². The third-order valence-corrected chi connectivity index (χ3v) is 3.42. The molecule has 2 N–H and O–H groups in total. The minimum Gasteiger partial charge on any atom is -0.370 e. The standard InChI is InChI=1S/C17H24N4/c1-4-9-18-16-14(3)17(21-12-20-16)19-10-8-15-7-5-6-13(2)11-15/h5-7,11-12H,4,8-10H2,1-3H3,(H2,18,19,20,21). The molecule has 0 saturated heterocycles. The van der Waals surface area contributed by atoms with E-state index in [-0.39, 0.29) is 0 Å². The summed E-state index contributed by atoms with van der Waals surface area (Å²) in [7, 11) is 0. The second kappa shape index (κ2) is 7.62. The number of hydrogen-bond donors (Lipinski definition) is 2. The van der Waals surface area contributed by atoms with Crippen LogP contribution in [0.1, 0.15) is 30.0 Å². The molecule has 4 heteroatoms. The molecule has 0 aliphatic carbocycles. The predicted octanol–water partition coefficient (Wildman–Crippen LogP) is 3.57. The van der Waals surface area contributed by atoms with Crippen LogP contribution in [0, 0.1) is 13.8 Å². The van der Waals surface area contributed by atoms with Gasteiger partial charge in [-0.2, -0.15) is 0 Å². The minimum atomic E-state index is 0.870. The zero-order chi connectivity index (χ0) is 15.1. The Kier molecular flexibility index (Phi) is 5.55. The Morgan fingerprint density at radius 1 is 1.00 bits per heavy atom. The number of aromatic nitrogens is 2. The molecule has 2 rings (SSSR count). The third-order valence-electron chi connectivity index (χ3n) is 3.42. The molecule has 21 heavy (non-hydrogen) atoms. The van der Waals surface area contributed by atoms with Gasteiger partial charge in [0.1, 0.15) is 18.0 Å². The summed E-state index contributed by atoms with van der Waals surface area (Å²) in [5.41, 5.74) is 3.73. The topological polar surface area (TPSA) is 49.8 Å². The van der Waals surface area contributed by atoms with E-state index in [9.17, 15) is 0 Å². The van der Waals surface area contributed by atoms with Crippen molar-refractivity contribution in [2.24, 2.45) is 0 Å². The quantitative estimate of drug-likeness (QED) is 0.816. The molecular weight excluding hydrogens is 260 g/mol. The SMILES string of the molecule is CCCNc1ncnc(NCCc2cccc(C)c2)c1C. The summed E-state index contributed by atoms with van der Waals surface area (Å²) in [5, 5.41) is 6.73. The van der Waals surface area contributed by atoms with E-state index >= 15 is 0 Å². The largest absolute Gasteiger partial charge is 0.370 e. The smallest absolute Gasteiger partial charge is 0.134 e. The fraction of sp³-hybridized carbons (Fsp3) is 0.412. The van der Waals surface area contributed by atoms with Crippen LogP contribution in [0.2, 0.25) is 0 Å². The zero-order valence-corrected chi connectivity index (χ0v) is 13.1. The van der Waals surface area contributed by atoms with Crippen LogP contribution in [0.15, 0.2) is 30.6 Å². The Morgan fingerprint density at radius 2 is 1.71 bits per heavy atom. The minimum absolute atomic E-state index is 0.870. The first kappa shape index (κ1) is 15.3. The van der Waals surface area contributed by atoms with Gasteiger partial charge in [0.25, 0.3) is 0 Å². The van der Waals surface area contributed by atoms with Crippen molar-refractivity contribution in [2.75, 3.05) is 23.7 Å². The molecular formula is C17H24N4. The predicted molar refractivity (Wildman–Crippen MR) is 88.9 cm³/mol. The molecule has 1 aromatic carbocycles. The van der Waals surface area contributed by atoms with Gasteiger partial charge in [0.15, 0.2) is 0 Å². The number of aryl methyl sites for hydroxylation is 1. The molecule has 0 fully saturated rings. The van der Waals surface area contributed by atoms with E-state index in [0.29, 0.717) is 0 Å². The Balaban J connectivity index is 1.94. The van der Waals surface area contributed by atoms with Crippen molar-refractivity contribution < 1.29 is 0 Å². The molecule has 0 radical (unpaired) electrons. The van der Waals surface area contributed by atoms with E-state index in [1.165, 1.54) is 11.1 Å². The maximum absolute atomic E-state index is 4.33. The number of rotatable bonds is 7. The fourth-order valence-corrected chi connectivity index (χ4v) is 2.24. The van der Waals surface area contributed by atoms with E-state index in [1.54, 1.807) is 6.33 Å². The second-order valence-electron chi connectivity index (χ2n) is 5.29. The number of anilines is 2. The van der Waals surface area contributed by atoms with Gasteiger partial charge in [-0.25, -0.2) is 9.97 Å². The van der Waals surface area contributed by atoms with Gasteiger partial charge in [-0.1, -0.05) is 36.8 Å². The summed E-state index contributed by atoms with van der Waals surface area (Å²) < 4.78 is 0. The highest BCUT2D eigenvalue weighted by molar-refractivity contribution is 5.56. The van der Waals surface area contributed by atoms with Crippen LogP contribution in [0.3, 0.4) is 0 Å². The number of nitrogens with one attached hydrogen (secondary N) is 2. The molecule has 1 heterocycles. The van der Waals surface area contributed by atoms with Crippen LogP contribution in [-0.2, 0) is 6.42 Å². The number of benzene rings is 1. The molecule has 0 unspecified atom stereocenters. The Hall–Kier alpha value is -2.10. The summed E-state index contributed by atoms with van der Waals surface area (Å²) in [6.07, 6.45) is 3.68. The van der Waals surface area contributed by atoms with Gasteiger partial charge in [0, 0.05) is 18.7 Å². The van der Waals surface area contributed by atoms with E-state index in [2.05, 4.69) is 58.7 Å². The lowest BCUT2D eigenvalue weighted by Gasteiger charge is -2.12. The fourth-order valence-electron chi connectivity index (χ4n) is 2.24. The van der Waals surface area contributed by atoms with Gasteiger partial charge < -0.3 is 10.6 Å². The van der Waals surface area contributed by atoms with E-state index in [0.717, 1.165) is 43.1 Å². The summed E-state index contributed by atoms with van der Waals surface area (Å²) in [6, 6.07) is 8.61. The van der Waals surface area contributed by atoms with Gasteiger partial charge in [0.05, 0.1) is 0 Å². The molecule has 112 valence electrons. The first-order valence-electron chi connectivity index (χ1n) is 7.55. The van der Waals surface area contributed by atoms with Crippen molar-refractivity contribution in [3.63, 3.8) is 0 Å². The molecule has 0 saturated carbocycles. The van der Waals surface area contributed by atoms with Gasteiger partial charge in [-0.3, -0.25) is 0 Å². The lowest BCUT2D eigenvalue weighted by atomic mass is 10.1. The van der Waals surface area contributed by atoms with Crippen molar-refractivity contribution in [1.29, 1.82) is 0 Å². The van der Waals surface area contributed by atoms with Gasteiger partial charge in [-0.05, 0) is 32.3 Å². The normalized spacial score (nSPS) is 10.4. The average molecular weight is 284 g/mol. The Labute approximate surface area is 127 Å². The Bertz CT molecular complexity index is 581. The van der Waals surface area contributed by atoms with Crippen LogP contribution in [0.5, 0.6) is 0 Å². The number of nitrogens with zero attached hydrogens (tertiary/aromatic N) is 2. The van der Waals surface area contributed by atoms with E-state index in [4.69, 9.17) is 0 Å². The van der Waals surface area contributed by atoms with E-state index in [1.807, 2.05) is 6.92 Å². The van der Waals surface area contributed by atoms with E-state index < -0.39 is 0 Å². The average Bonchev–Trinajstić information content (AvgIpc) is 2.48. The highest BCUT2D eigenvalue weighted by Crippen LogP contribution is 2.18. The van der Waals surface area contributed by atoms with Crippen LogP contribution in [-0.4, -0.2) is 23.1 Å². The molecule has 0 bridgehead atoms. The molecule has 1 aromatic heterocycles. The summed E-state index contributed by atoms with van der Waals surface area (Å²) in [5.74, 6) is 1.83. The van der Waals surface area contributed by atoms with Gasteiger partial charge >= 0.3 is 0 Å². The molecule has 0 atom stereocenters. The summed E-state index contributed by atoms with van der Waals surface area (Å²) >= 11 is 0. The first-order valence-corrected chi connectivity index (χ1v) is 7.55. The first-order chi connectivity index (χ1) is 10.2. The molecule has 4 nitrogen and oxygen atoms in total. The molecule has 0 spiro atoms. The summed E-state index contributed by atoms with van der Waals surface area (Å²) in [4.78, 5) is 8.63. The van der Waals surface area contributed by atoms with Crippen LogP contribution in [0.4, 0.5) is 11.6 Å². The van der Waals surface area contributed by atoms with Crippen molar-refractivity contribution in [3.05, 3.63) is 47.3 Å². The van der Waals surface area contributed by atoms with Gasteiger partial charge in [0.2, 0.25) is 0 Å². The molecule has 0 aliphatic heterocycles. The highest BCUT2D eigenvalue weighted by Gasteiger charge is 2.05. The molecule has 0 aliphatic rings. The summed E-state index contributed by atoms with van der Waals surface area (Å²) in [6.45, 7) is 8.11. The molecule has 0 amide bonds. The maximum Gasteiger partial charge on any atom is 0.134 e. The maximum atomic E-state index is 4.33. The van der Waals surface area contributed by atoms with Crippen molar-refractivity contribution in [3.8, 4) is 0 Å². The van der Waals surface area contributed by atoms with Crippen LogP contribution >= 0.6 is 0 Å². The molecule has 2 aromatic rings. The lowest BCUT2D eigenvalue weighted by molar-refractivity contribution is 0.952. The monoisotopic (exact) mass is 284 g/mol. The number of hydrogen-bond acceptors (Lipinski definition) is 4. The Morgan fingerprint density at radius 3 is 2.38 bits per heavy atom. The second-order valence-corrected chi connectivity index (χ2v) is 5.29. The third kappa shape index (κ3) is 4.45. The van der Waals surface area contributed by atoms with Crippen LogP contribution < -0.4 is 10.6 Å². The van der Waals surface area contributed by atoms with Gasteiger partial charge in [-0.15, -0.1) is 0 Å². The zero-order valence-electron chi connectivity index (χ0n) is 13.1. The highest BCUT2D eigenvalue weighted by atomic mass is 15.1. The van der Waals surface area contributed by atoms with Crippen LogP contribution in [0.25, 0.3) is 0 Å².